The second-order valence-corrected chi connectivity index (χ2v) is 7.01. The molecule has 0 heterocycles. The summed E-state index contributed by atoms with van der Waals surface area (Å²) in [5.74, 6) is -0.275. The van der Waals surface area contributed by atoms with Crippen LogP contribution in [0.4, 0.5) is 5.69 Å². The lowest BCUT2D eigenvalue weighted by atomic mass is 10.00. The number of carbonyl (C=O) groups is 2. The molecule has 0 aromatic heterocycles. The normalized spacial score (nSPS) is 10.4. The van der Waals surface area contributed by atoms with E-state index in [2.05, 4.69) is 21.2 Å². The van der Waals surface area contributed by atoms with E-state index in [4.69, 9.17) is 0 Å². The Bertz CT molecular complexity index is 966. The van der Waals surface area contributed by atoms with Crippen LogP contribution in [0.25, 0.3) is 0 Å². The lowest BCUT2D eigenvalue weighted by Gasteiger charge is -2.11. The molecule has 0 aliphatic rings. The van der Waals surface area contributed by atoms with Crippen LogP contribution in [0, 0.1) is 6.92 Å². The zero-order valence-electron chi connectivity index (χ0n) is 14.3. The van der Waals surface area contributed by atoms with Crippen molar-refractivity contribution in [2.24, 2.45) is 0 Å². The fraction of sp³-hybridized carbons (Fsp3) is 0.0909. The van der Waals surface area contributed by atoms with Gasteiger partial charge in [-0.2, -0.15) is 0 Å². The van der Waals surface area contributed by atoms with Gasteiger partial charge < -0.3 is 5.32 Å². The molecule has 0 saturated carbocycles. The molecular formula is C22H18BrNO2. The van der Waals surface area contributed by atoms with E-state index in [1.54, 1.807) is 42.5 Å². The van der Waals surface area contributed by atoms with Gasteiger partial charge in [-0.05, 0) is 42.8 Å². The smallest absolute Gasteiger partial charge is 0.255 e. The van der Waals surface area contributed by atoms with Crippen LogP contribution in [0.3, 0.4) is 0 Å². The Kier molecular flexibility index (Phi) is 5.64. The van der Waals surface area contributed by atoms with Crippen molar-refractivity contribution in [2.45, 2.75) is 13.3 Å². The van der Waals surface area contributed by atoms with Crippen LogP contribution >= 0.6 is 15.9 Å². The van der Waals surface area contributed by atoms with Crippen molar-refractivity contribution in [2.75, 3.05) is 5.32 Å². The maximum absolute atomic E-state index is 12.8. The maximum Gasteiger partial charge on any atom is 0.255 e. The van der Waals surface area contributed by atoms with Crippen molar-refractivity contribution < 1.29 is 9.59 Å². The number of anilines is 1. The van der Waals surface area contributed by atoms with Crippen LogP contribution in [0.15, 0.2) is 77.3 Å². The molecule has 4 heteroatoms. The van der Waals surface area contributed by atoms with Gasteiger partial charge >= 0.3 is 0 Å². The minimum absolute atomic E-state index is 0.0271. The summed E-state index contributed by atoms with van der Waals surface area (Å²) in [5, 5.41) is 2.85. The van der Waals surface area contributed by atoms with Gasteiger partial charge in [0, 0.05) is 22.0 Å². The van der Waals surface area contributed by atoms with Gasteiger partial charge in [0.25, 0.3) is 5.91 Å². The zero-order valence-corrected chi connectivity index (χ0v) is 15.9. The highest BCUT2D eigenvalue weighted by atomic mass is 79.9. The molecule has 3 aromatic carbocycles. The van der Waals surface area contributed by atoms with Crippen molar-refractivity contribution in [1.82, 2.24) is 0 Å². The molecule has 0 spiro atoms. The lowest BCUT2D eigenvalue weighted by Crippen LogP contribution is -2.15. The van der Waals surface area contributed by atoms with Gasteiger partial charge in [0.15, 0.2) is 5.78 Å². The standard InChI is InChI=1S/C22H18BrNO2/c1-15-6-4-7-16(12-15)13-21(25)19-10-2-3-11-20(19)24-22(26)17-8-5-9-18(23)14-17/h2-12,14H,13H2,1H3,(H,24,26). The van der Waals surface area contributed by atoms with E-state index in [1.807, 2.05) is 37.3 Å². The van der Waals surface area contributed by atoms with Crippen LogP contribution in [-0.4, -0.2) is 11.7 Å². The van der Waals surface area contributed by atoms with Crippen molar-refractivity contribution in [1.29, 1.82) is 0 Å². The fourth-order valence-electron chi connectivity index (χ4n) is 2.76. The molecule has 0 saturated heterocycles. The number of rotatable bonds is 5. The van der Waals surface area contributed by atoms with Crippen molar-refractivity contribution in [3.8, 4) is 0 Å². The molecule has 130 valence electrons. The highest BCUT2D eigenvalue weighted by molar-refractivity contribution is 9.10. The number of carbonyl (C=O) groups excluding carboxylic acids is 2. The summed E-state index contributed by atoms with van der Waals surface area (Å²) in [4.78, 5) is 25.3. The molecule has 0 aliphatic heterocycles. The van der Waals surface area contributed by atoms with Crippen LogP contribution in [-0.2, 0) is 6.42 Å². The number of hydrogen-bond acceptors (Lipinski definition) is 2. The van der Waals surface area contributed by atoms with Crippen molar-refractivity contribution in [3.05, 3.63) is 99.5 Å². The summed E-state index contributed by atoms with van der Waals surface area (Å²) < 4.78 is 0.828. The van der Waals surface area contributed by atoms with Crippen LogP contribution in [0.2, 0.25) is 0 Å². The maximum atomic E-state index is 12.8. The van der Waals surface area contributed by atoms with E-state index >= 15 is 0 Å². The molecule has 1 amide bonds. The van der Waals surface area contributed by atoms with Crippen LogP contribution in [0.5, 0.6) is 0 Å². The number of nitrogens with one attached hydrogen (secondary N) is 1. The van der Waals surface area contributed by atoms with Gasteiger partial charge in [0.1, 0.15) is 0 Å². The highest BCUT2D eigenvalue weighted by Gasteiger charge is 2.14. The first-order valence-corrected chi connectivity index (χ1v) is 9.07. The summed E-state index contributed by atoms with van der Waals surface area (Å²) in [7, 11) is 0. The zero-order chi connectivity index (χ0) is 18.5. The quantitative estimate of drug-likeness (QED) is 0.572. The molecule has 0 aliphatic carbocycles. The predicted molar refractivity (Wildman–Crippen MR) is 108 cm³/mol. The third kappa shape index (κ3) is 4.46. The van der Waals surface area contributed by atoms with E-state index in [1.165, 1.54) is 0 Å². The summed E-state index contributed by atoms with van der Waals surface area (Å²) in [5.41, 5.74) is 3.64. The minimum Gasteiger partial charge on any atom is -0.321 e. The second kappa shape index (κ2) is 8.11. The molecule has 3 rings (SSSR count). The van der Waals surface area contributed by atoms with Gasteiger partial charge in [-0.3, -0.25) is 9.59 Å². The van der Waals surface area contributed by atoms with Gasteiger partial charge in [-0.1, -0.05) is 64.0 Å². The number of ketones is 1. The van der Waals surface area contributed by atoms with E-state index in [-0.39, 0.29) is 11.7 Å². The number of Topliss-reactive ketones (excluding diaryl/α,β-unsaturated/α-hetero) is 1. The molecule has 0 atom stereocenters. The average Bonchev–Trinajstić information content (AvgIpc) is 2.62. The molecule has 0 radical (unpaired) electrons. The third-order valence-corrected chi connectivity index (χ3v) is 4.50. The first-order chi connectivity index (χ1) is 12.5. The summed E-state index contributed by atoms with van der Waals surface area (Å²) in [6.45, 7) is 2.00. The van der Waals surface area contributed by atoms with Crippen molar-refractivity contribution >= 4 is 33.3 Å². The number of para-hydroxylation sites is 1. The largest absolute Gasteiger partial charge is 0.321 e. The van der Waals surface area contributed by atoms with E-state index < -0.39 is 0 Å². The SMILES string of the molecule is Cc1cccc(CC(=O)c2ccccc2NC(=O)c2cccc(Br)c2)c1. The Balaban J connectivity index is 1.81. The van der Waals surface area contributed by atoms with Gasteiger partial charge in [-0.15, -0.1) is 0 Å². The number of halogens is 1. The predicted octanol–water partition coefficient (Wildman–Crippen LogP) is 5.44. The first kappa shape index (κ1) is 18.1. The summed E-state index contributed by atoms with van der Waals surface area (Å²) in [6.07, 6.45) is 0.297. The molecule has 3 nitrogen and oxygen atoms in total. The Morgan fingerprint density at radius 3 is 2.46 bits per heavy atom. The van der Waals surface area contributed by atoms with Crippen LogP contribution < -0.4 is 5.32 Å². The highest BCUT2D eigenvalue weighted by Crippen LogP contribution is 2.20. The van der Waals surface area contributed by atoms with Gasteiger partial charge in [-0.25, -0.2) is 0 Å². The average molecular weight is 408 g/mol. The molecular weight excluding hydrogens is 390 g/mol. The number of amides is 1. The molecule has 0 bridgehead atoms. The molecule has 26 heavy (non-hydrogen) atoms. The van der Waals surface area contributed by atoms with E-state index in [0.717, 1.165) is 15.6 Å². The molecule has 3 aromatic rings. The summed E-state index contributed by atoms with van der Waals surface area (Å²) in [6, 6.07) is 22.1. The molecule has 0 unspecified atom stereocenters. The topological polar surface area (TPSA) is 46.2 Å². The Hall–Kier alpha value is -2.72. The number of hydrogen-bond donors (Lipinski definition) is 1. The molecule has 0 fully saturated rings. The van der Waals surface area contributed by atoms with E-state index in [0.29, 0.717) is 23.2 Å². The lowest BCUT2D eigenvalue weighted by molar-refractivity contribution is 0.0994. The summed E-state index contributed by atoms with van der Waals surface area (Å²) >= 11 is 3.36. The Labute approximate surface area is 161 Å². The number of benzene rings is 3. The van der Waals surface area contributed by atoms with Crippen molar-refractivity contribution in [3.63, 3.8) is 0 Å². The second-order valence-electron chi connectivity index (χ2n) is 6.10. The first-order valence-electron chi connectivity index (χ1n) is 8.27. The van der Waals surface area contributed by atoms with Gasteiger partial charge in [0.05, 0.1) is 5.69 Å². The Morgan fingerprint density at radius 2 is 1.69 bits per heavy atom. The minimum atomic E-state index is -0.248. The monoisotopic (exact) mass is 407 g/mol. The Morgan fingerprint density at radius 1 is 0.923 bits per heavy atom. The van der Waals surface area contributed by atoms with E-state index in [9.17, 15) is 9.59 Å². The fourth-order valence-corrected chi connectivity index (χ4v) is 3.16. The number of aryl methyl sites for hydroxylation is 1. The third-order valence-electron chi connectivity index (χ3n) is 4.01. The van der Waals surface area contributed by atoms with Crippen LogP contribution in [0.1, 0.15) is 31.8 Å². The van der Waals surface area contributed by atoms with Gasteiger partial charge in [0.2, 0.25) is 0 Å². The molecule has 1 N–H and O–H groups in total.